The second-order valence-corrected chi connectivity index (χ2v) is 4.43. The van der Waals surface area contributed by atoms with Crippen LogP contribution < -0.4 is 5.32 Å². The molecule has 0 saturated carbocycles. The molecule has 0 bridgehead atoms. The normalized spacial score (nSPS) is 16.5. The largest absolute Gasteiger partial charge is 0.381 e. The Morgan fingerprint density at radius 2 is 2.16 bits per heavy atom. The maximum absolute atomic E-state index is 12.7. The van der Waals surface area contributed by atoms with Gasteiger partial charge in [-0.2, -0.15) is 9.37 Å². The highest BCUT2D eigenvalue weighted by Crippen LogP contribution is 2.24. The number of hydrogen-bond acceptors (Lipinski definition) is 5. The first kappa shape index (κ1) is 12.0. The van der Waals surface area contributed by atoms with Gasteiger partial charge in [0, 0.05) is 19.1 Å². The Balaban J connectivity index is 1.68. The Labute approximate surface area is 109 Å². The Morgan fingerprint density at radius 3 is 2.89 bits per heavy atom. The van der Waals surface area contributed by atoms with Crippen LogP contribution in [0.1, 0.15) is 24.6 Å². The molecule has 1 aliphatic heterocycles. The second kappa shape index (κ2) is 5.31. The first-order chi connectivity index (χ1) is 9.31. The summed E-state index contributed by atoms with van der Waals surface area (Å²) in [6.07, 6.45) is 3.30. The van der Waals surface area contributed by atoms with Gasteiger partial charge < -0.3 is 10.1 Å². The first-order valence-electron chi connectivity index (χ1n) is 6.20. The van der Waals surface area contributed by atoms with Crippen molar-refractivity contribution in [2.24, 2.45) is 0 Å². The summed E-state index contributed by atoms with van der Waals surface area (Å²) in [6.45, 7) is 1.52. The lowest BCUT2D eigenvalue weighted by Crippen LogP contribution is -2.15. The van der Waals surface area contributed by atoms with Crippen molar-refractivity contribution in [3.05, 3.63) is 30.1 Å². The third kappa shape index (κ3) is 2.87. The third-order valence-electron chi connectivity index (χ3n) is 3.09. The first-order valence-corrected chi connectivity index (χ1v) is 6.20. The molecule has 1 fully saturated rings. The minimum atomic E-state index is -0.511. The molecule has 19 heavy (non-hydrogen) atoms. The van der Waals surface area contributed by atoms with Crippen LogP contribution >= 0.6 is 0 Å². The van der Waals surface area contributed by atoms with E-state index in [1.807, 2.05) is 0 Å². The molecule has 1 aliphatic rings. The maximum atomic E-state index is 12.7. The molecular weight excluding hydrogens is 249 g/mol. The average Bonchev–Trinajstić information content (AvgIpc) is 2.91. The summed E-state index contributed by atoms with van der Waals surface area (Å²) in [5.41, 5.74) is 0.652. The predicted octanol–water partition coefficient (Wildman–Crippen LogP) is 1.98. The average molecular weight is 263 g/mol. The lowest BCUT2D eigenvalue weighted by molar-refractivity contribution is 0.0836. The summed E-state index contributed by atoms with van der Waals surface area (Å²) in [5, 5.41) is 10.0. The number of ether oxygens (including phenoxy) is 1. The molecule has 6 nitrogen and oxygen atoms in total. The summed E-state index contributed by atoms with van der Waals surface area (Å²) in [6, 6.07) is 2.88. The SMILES string of the molecule is Fc1ccc(Nc2n[nH]c(C3CCOCC3)n2)cn1. The Kier molecular flexibility index (Phi) is 3.37. The molecule has 0 aliphatic carbocycles. The number of hydrogen-bond donors (Lipinski definition) is 2. The van der Waals surface area contributed by atoms with Crippen LogP contribution in [0.3, 0.4) is 0 Å². The molecule has 0 atom stereocenters. The van der Waals surface area contributed by atoms with Gasteiger partial charge in [0.1, 0.15) is 5.82 Å². The van der Waals surface area contributed by atoms with Crippen molar-refractivity contribution in [1.29, 1.82) is 0 Å². The molecule has 0 amide bonds. The molecule has 100 valence electrons. The van der Waals surface area contributed by atoms with E-state index in [0.29, 0.717) is 17.6 Å². The van der Waals surface area contributed by atoms with E-state index in [1.165, 1.54) is 12.3 Å². The van der Waals surface area contributed by atoms with Crippen molar-refractivity contribution < 1.29 is 9.13 Å². The van der Waals surface area contributed by atoms with Crippen LogP contribution in [0, 0.1) is 5.95 Å². The molecule has 0 unspecified atom stereocenters. The van der Waals surface area contributed by atoms with Crippen LogP contribution in [0.15, 0.2) is 18.3 Å². The van der Waals surface area contributed by atoms with Crippen molar-refractivity contribution in [1.82, 2.24) is 20.2 Å². The van der Waals surface area contributed by atoms with Crippen molar-refractivity contribution in [3.63, 3.8) is 0 Å². The number of H-pyrrole nitrogens is 1. The molecule has 0 spiro atoms. The fourth-order valence-corrected chi connectivity index (χ4v) is 2.06. The number of pyridine rings is 1. The zero-order valence-corrected chi connectivity index (χ0v) is 10.3. The molecule has 7 heteroatoms. The van der Waals surface area contributed by atoms with E-state index in [9.17, 15) is 4.39 Å². The van der Waals surface area contributed by atoms with Crippen molar-refractivity contribution in [2.45, 2.75) is 18.8 Å². The van der Waals surface area contributed by atoms with E-state index >= 15 is 0 Å². The highest BCUT2D eigenvalue weighted by atomic mass is 19.1. The molecule has 2 N–H and O–H groups in total. The zero-order valence-electron chi connectivity index (χ0n) is 10.3. The fraction of sp³-hybridized carbons (Fsp3) is 0.417. The van der Waals surface area contributed by atoms with Gasteiger partial charge in [-0.05, 0) is 25.0 Å². The monoisotopic (exact) mass is 263 g/mol. The summed E-state index contributed by atoms with van der Waals surface area (Å²) in [4.78, 5) is 7.96. The maximum Gasteiger partial charge on any atom is 0.246 e. The molecule has 0 aromatic carbocycles. The standard InChI is InChI=1S/C12H14FN5O/c13-10-2-1-9(7-14-10)15-12-16-11(17-18-12)8-3-5-19-6-4-8/h1-2,7-8H,3-6H2,(H2,15,16,17,18). The molecule has 0 radical (unpaired) electrons. The quantitative estimate of drug-likeness (QED) is 0.828. The van der Waals surface area contributed by atoms with Crippen molar-refractivity contribution in [2.75, 3.05) is 18.5 Å². The van der Waals surface area contributed by atoms with Gasteiger partial charge in [0.2, 0.25) is 11.9 Å². The molecule has 2 aromatic rings. The van der Waals surface area contributed by atoms with Gasteiger partial charge in [-0.1, -0.05) is 0 Å². The summed E-state index contributed by atoms with van der Waals surface area (Å²) < 4.78 is 18.0. The smallest absolute Gasteiger partial charge is 0.246 e. The van der Waals surface area contributed by atoms with E-state index in [0.717, 1.165) is 31.9 Å². The van der Waals surface area contributed by atoms with Crippen LogP contribution in [0.25, 0.3) is 0 Å². The highest BCUT2D eigenvalue weighted by molar-refractivity contribution is 5.50. The number of nitrogens with one attached hydrogen (secondary N) is 2. The molecule has 3 heterocycles. The number of anilines is 2. The Hall–Kier alpha value is -2.02. The topological polar surface area (TPSA) is 75.7 Å². The molecule has 2 aromatic heterocycles. The van der Waals surface area contributed by atoms with Gasteiger partial charge in [0.15, 0.2) is 0 Å². The highest BCUT2D eigenvalue weighted by Gasteiger charge is 2.19. The van der Waals surface area contributed by atoms with Gasteiger partial charge >= 0.3 is 0 Å². The van der Waals surface area contributed by atoms with Crippen molar-refractivity contribution in [3.8, 4) is 0 Å². The van der Waals surface area contributed by atoms with E-state index < -0.39 is 5.95 Å². The van der Waals surface area contributed by atoms with E-state index in [4.69, 9.17) is 4.74 Å². The lowest BCUT2D eigenvalue weighted by Gasteiger charge is -2.19. The van der Waals surface area contributed by atoms with Crippen LogP contribution in [0.2, 0.25) is 0 Å². The van der Waals surface area contributed by atoms with Crippen LogP contribution in [-0.4, -0.2) is 33.4 Å². The fourth-order valence-electron chi connectivity index (χ4n) is 2.06. The summed E-state index contributed by atoms with van der Waals surface area (Å²) in [7, 11) is 0. The van der Waals surface area contributed by atoms with E-state index in [1.54, 1.807) is 6.07 Å². The Morgan fingerprint density at radius 1 is 1.32 bits per heavy atom. The van der Waals surface area contributed by atoms with E-state index in [2.05, 4.69) is 25.5 Å². The molecule has 1 saturated heterocycles. The summed E-state index contributed by atoms with van der Waals surface area (Å²) >= 11 is 0. The van der Waals surface area contributed by atoms with E-state index in [-0.39, 0.29) is 0 Å². The van der Waals surface area contributed by atoms with Crippen LogP contribution in [0.5, 0.6) is 0 Å². The number of aromatic nitrogens is 4. The lowest BCUT2D eigenvalue weighted by atomic mass is 10.00. The van der Waals surface area contributed by atoms with Gasteiger partial charge in [0.05, 0.1) is 11.9 Å². The minimum absolute atomic E-state index is 0.364. The third-order valence-corrected chi connectivity index (χ3v) is 3.09. The number of rotatable bonds is 3. The number of aromatic amines is 1. The van der Waals surface area contributed by atoms with Gasteiger partial charge in [-0.25, -0.2) is 4.98 Å². The van der Waals surface area contributed by atoms with Crippen LogP contribution in [-0.2, 0) is 4.74 Å². The van der Waals surface area contributed by atoms with Crippen molar-refractivity contribution >= 4 is 11.6 Å². The van der Waals surface area contributed by atoms with Gasteiger partial charge in [0.25, 0.3) is 0 Å². The number of nitrogens with zero attached hydrogens (tertiary/aromatic N) is 3. The molecule has 3 rings (SSSR count). The zero-order chi connectivity index (χ0) is 13.1. The van der Waals surface area contributed by atoms with Gasteiger partial charge in [-0.3, -0.25) is 5.10 Å². The predicted molar refractivity (Wildman–Crippen MR) is 66.7 cm³/mol. The summed E-state index contributed by atoms with van der Waals surface area (Å²) in [5.74, 6) is 1.18. The second-order valence-electron chi connectivity index (χ2n) is 4.43. The number of halogens is 1. The molecular formula is C12H14FN5O. The van der Waals surface area contributed by atoms with Gasteiger partial charge in [-0.15, -0.1) is 5.10 Å². The minimum Gasteiger partial charge on any atom is -0.381 e. The van der Waals surface area contributed by atoms with Crippen LogP contribution in [0.4, 0.5) is 16.0 Å². The Bertz CT molecular complexity index is 535.